The lowest BCUT2D eigenvalue weighted by atomic mass is 10.4. The maximum absolute atomic E-state index is 9.84. The number of aryl methyl sites for hydroxylation is 1. The fourth-order valence-corrected chi connectivity index (χ4v) is 1.19. The first-order chi connectivity index (χ1) is 6.83. The van der Waals surface area contributed by atoms with Crippen molar-refractivity contribution in [3.8, 4) is 0 Å². The molecular formula is C9H16N4O. The van der Waals surface area contributed by atoms with E-state index in [4.69, 9.17) is 0 Å². The second kappa shape index (κ2) is 6.15. The van der Waals surface area contributed by atoms with E-state index in [0.717, 1.165) is 0 Å². The van der Waals surface area contributed by atoms with Gasteiger partial charge in [-0.05, 0) is 25.9 Å². The normalized spacial score (nSPS) is 14.4. The number of hydrogen-bond donors (Lipinski definition) is 2. The summed E-state index contributed by atoms with van der Waals surface area (Å²) in [6, 6.07) is 0. The van der Waals surface area contributed by atoms with E-state index in [1.807, 2.05) is 0 Å². The van der Waals surface area contributed by atoms with Crippen molar-refractivity contribution in [2.75, 3.05) is 18.4 Å². The van der Waals surface area contributed by atoms with Gasteiger partial charge in [0, 0.05) is 13.2 Å². The van der Waals surface area contributed by atoms with Crippen LogP contribution in [-0.4, -0.2) is 29.3 Å². The van der Waals surface area contributed by atoms with E-state index in [1.165, 1.54) is 25.9 Å². The number of anilines is 1. The van der Waals surface area contributed by atoms with Gasteiger partial charge in [-0.25, -0.2) is 0 Å². The van der Waals surface area contributed by atoms with Crippen molar-refractivity contribution >= 4 is 12.1 Å². The molecule has 0 radical (unpaired) electrons. The number of rotatable bonds is 2. The molecule has 2 rings (SSSR count). The molecule has 1 aliphatic heterocycles. The molecule has 2 N–H and O–H groups in total. The van der Waals surface area contributed by atoms with Crippen LogP contribution in [0.25, 0.3) is 0 Å². The summed E-state index contributed by atoms with van der Waals surface area (Å²) in [6.07, 6.45) is 6.69. The number of amides is 1. The summed E-state index contributed by atoms with van der Waals surface area (Å²) in [4.78, 5) is 9.84. The average Bonchev–Trinajstić information content (AvgIpc) is 2.79. The summed E-state index contributed by atoms with van der Waals surface area (Å²) < 4.78 is 1.62. The molecule has 5 heteroatoms. The van der Waals surface area contributed by atoms with Gasteiger partial charge in [-0.15, -0.1) is 0 Å². The third-order valence-corrected chi connectivity index (χ3v) is 1.89. The van der Waals surface area contributed by atoms with Gasteiger partial charge in [0.1, 0.15) is 0 Å². The van der Waals surface area contributed by atoms with E-state index >= 15 is 0 Å². The highest BCUT2D eigenvalue weighted by Gasteiger charge is 1.93. The predicted octanol–water partition coefficient (Wildman–Crippen LogP) is 0.358. The maximum Gasteiger partial charge on any atom is 0.211 e. The van der Waals surface area contributed by atoms with Crippen molar-refractivity contribution in [3.63, 3.8) is 0 Å². The van der Waals surface area contributed by atoms with Crippen molar-refractivity contribution in [1.82, 2.24) is 15.1 Å². The Hall–Kier alpha value is -1.36. The lowest BCUT2D eigenvalue weighted by Gasteiger charge is -1.85. The highest BCUT2D eigenvalue weighted by molar-refractivity contribution is 5.69. The van der Waals surface area contributed by atoms with Crippen LogP contribution in [0.4, 0.5) is 5.69 Å². The van der Waals surface area contributed by atoms with Crippen LogP contribution in [0.15, 0.2) is 12.4 Å². The maximum atomic E-state index is 9.84. The highest BCUT2D eigenvalue weighted by Crippen LogP contribution is 1.99. The van der Waals surface area contributed by atoms with E-state index in [9.17, 15) is 4.79 Å². The summed E-state index contributed by atoms with van der Waals surface area (Å²) in [5, 5.41) is 9.52. The summed E-state index contributed by atoms with van der Waals surface area (Å²) >= 11 is 0. The van der Waals surface area contributed by atoms with Gasteiger partial charge >= 0.3 is 0 Å². The monoisotopic (exact) mass is 196 g/mol. The fraction of sp³-hybridized carbons (Fsp3) is 0.556. The zero-order valence-corrected chi connectivity index (χ0v) is 8.36. The summed E-state index contributed by atoms with van der Waals surface area (Å²) in [5.41, 5.74) is 0.715. The Morgan fingerprint density at radius 2 is 2.29 bits per heavy atom. The zero-order valence-electron chi connectivity index (χ0n) is 8.36. The van der Waals surface area contributed by atoms with Gasteiger partial charge < -0.3 is 10.6 Å². The van der Waals surface area contributed by atoms with Crippen LogP contribution < -0.4 is 10.6 Å². The molecule has 0 atom stereocenters. The molecule has 0 bridgehead atoms. The van der Waals surface area contributed by atoms with Crippen molar-refractivity contribution in [2.24, 2.45) is 7.05 Å². The summed E-state index contributed by atoms with van der Waals surface area (Å²) in [5.74, 6) is 0. The van der Waals surface area contributed by atoms with Crippen LogP contribution in [0.1, 0.15) is 12.8 Å². The summed E-state index contributed by atoms with van der Waals surface area (Å²) in [6.45, 7) is 2.50. The molecule has 0 saturated carbocycles. The number of hydrogen-bond acceptors (Lipinski definition) is 3. The number of nitrogens with one attached hydrogen (secondary N) is 2. The standard InChI is InChI=1S/C5H7N3O.C4H9N/c1-8-3-5(2-7-8)6-4-9;1-2-4-5-3-1/h2-4H,1H3,(H,6,9);5H,1-4H2. The highest BCUT2D eigenvalue weighted by atomic mass is 16.1. The van der Waals surface area contributed by atoms with Crippen molar-refractivity contribution in [3.05, 3.63) is 12.4 Å². The first-order valence-electron chi connectivity index (χ1n) is 4.72. The number of aromatic nitrogens is 2. The van der Waals surface area contributed by atoms with Gasteiger partial charge in [0.05, 0.1) is 11.9 Å². The van der Waals surface area contributed by atoms with Gasteiger partial charge in [0.25, 0.3) is 0 Å². The Bertz CT molecular complexity index is 260. The molecule has 2 heterocycles. The quantitative estimate of drug-likeness (QED) is 0.671. The Morgan fingerprint density at radius 1 is 1.57 bits per heavy atom. The molecule has 1 amide bonds. The van der Waals surface area contributed by atoms with Crippen LogP contribution in [0.2, 0.25) is 0 Å². The van der Waals surface area contributed by atoms with E-state index in [-0.39, 0.29) is 0 Å². The van der Waals surface area contributed by atoms with E-state index in [1.54, 1.807) is 24.1 Å². The molecule has 0 spiro atoms. The number of carbonyl (C=O) groups excluding carboxylic acids is 1. The molecule has 1 aromatic rings. The molecule has 0 aliphatic carbocycles. The predicted molar refractivity (Wildman–Crippen MR) is 55.0 cm³/mol. The minimum Gasteiger partial charge on any atom is -0.326 e. The van der Waals surface area contributed by atoms with Crippen molar-refractivity contribution < 1.29 is 4.79 Å². The lowest BCUT2D eigenvalue weighted by Crippen LogP contribution is -2.03. The van der Waals surface area contributed by atoms with E-state index < -0.39 is 0 Å². The van der Waals surface area contributed by atoms with Gasteiger partial charge in [0.15, 0.2) is 0 Å². The van der Waals surface area contributed by atoms with Gasteiger partial charge in [-0.1, -0.05) is 0 Å². The second-order valence-electron chi connectivity index (χ2n) is 3.12. The summed E-state index contributed by atoms with van der Waals surface area (Å²) in [7, 11) is 1.79. The van der Waals surface area contributed by atoms with Gasteiger partial charge in [-0.3, -0.25) is 9.48 Å². The molecule has 78 valence electrons. The number of carbonyl (C=O) groups is 1. The third kappa shape index (κ3) is 4.04. The van der Waals surface area contributed by atoms with Crippen LogP contribution in [0.3, 0.4) is 0 Å². The smallest absolute Gasteiger partial charge is 0.211 e. The first-order valence-corrected chi connectivity index (χ1v) is 4.72. The zero-order chi connectivity index (χ0) is 10.2. The molecule has 14 heavy (non-hydrogen) atoms. The first kappa shape index (κ1) is 10.7. The Labute approximate surface area is 83.5 Å². The van der Waals surface area contributed by atoms with Gasteiger partial charge in [0.2, 0.25) is 6.41 Å². The second-order valence-corrected chi connectivity index (χ2v) is 3.12. The molecule has 1 aromatic heterocycles. The Balaban J connectivity index is 0.000000165. The van der Waals surface area contributed by atoms with Crippen LogP contribution in [0.5, 0.6) is 0 Å². The van der Waals surface area contributed by atoms with Gasteiger partial charge in [-0.2, -0.15) is 5.10 Å². The SMILES string of the molecule is C1CCNC1.Cn1cc(NC=O)cn1. The lowest BCUT2D eigenvalue weighted by molar-refractivity contribution is -0.105. The fourth-order valence-electron chi connectivity index (χ4n) is 1.19. The molecule has 1 aliphatic rings. The van der Waals surface area contributed by atoms with Crippen molar-refractivity contribution in [1.29, 1.82) is 0 Å². The molecule has 1 fully saturated rings. The largest absolute Gasteiger partial charge is 0.326 e. The average molecular weight is 196 g/mol. The van der Waals surface area contributed by atoms with Crippen LogP contribution in [-0.2, 0) is 11.8 Å². The molecule has 0 unspecified atom stereocenters. The minimum atomic E-state index is 0.622. The molecule has 5 nitrogen and oxygen atoms in total. The Morgan fingerprint density at radius 3 is 2.64 bits per heavy atom. The molecule has 1 saturated heterocycles. The van der Waals surface area contributed by atoms with E-state index in [2.05, 4.69) is 15.7 Å². The van der Waals surface area contributed by atoms with Crippen LogP contribution in [0, 0.1) is 0 Å². The van der Waals surface area contributed by atoms with Crippen molar-refractivity contribution in [2.45, 2.75) is 12.8 Å². The molecular weight excluding hydrogens is 180 g/mol. The van der Waals surface area contributed by atoms with Crippen LogP contribution >= 0.6 is 0 Å². The minimum absolute atomic E-state index is 0.622. The molecule has 0 aromatic carbocycles. The third-order valence-electron chi connectivity index (χ3n) is 1.89. The topological polar surface area (TPSA) is 59.0 Å². The number of nitrogens with zero attached hydrogens (tertiary/aromatic N) is 2. The van der Waals surface area contributed by atoms with E-state index in [0.29, 0.717) is 12.1 Å². The Kier molecular flexibility index (Phi) is 4.71.